The van der Waals surface area contributed by atoms with E-state index in [-0.39, 0.29) is 12.4 Å². The third-order valence-electron chi connectivity index (χ3n) is 5.41. The first kappa shape index (κ1) is 25.8. The molecule has 1 unspecified atom stereocenters. The Morgan fingerprint density at radius 2 is 1.97 bits per heavy atom. The van der Waals surface area contributed by atoms with Gasteiger partial charge in [0.05, 0.1) is 6.33 Å². The molecule has 12 heteroatoms. The lowest BCUT2D eigenvalue weighted by Crippen LogP contribution is -2.44. The number of fused-ring (bicyclic) bond motifs is 1. The quantitative estimate of drug-likeness (QED) is 0.303. The number of carbonyl (C=O) groups is 1. The van der Waals surface area contributed by atoms with Crippen LogP contribution in [-0.4, -0.2) is 83.7 Å². The molecule has 1 aromatic carbocycles. The summed E-state index contributed by atoms with van der Waals surface area (Å²) in [5, 5.41) is 32.9. The van der Waals surface area contributed by atoms with Crippen molar-refractivity contribution in [1.29, 1.82) is 0 Å². The van der Waals surface area contributed by atoms with Crippen LogP contribution in [0.3, 0.4) is 0 Å². The first-order valence-electron chi connectivity index (χ1n) is 10.7. The van der Waals surface area contributed by atoms with Crippen LogP contribution in [0.5, 0.6) is 0 Å². The number of nitrogens with one attached hydrogen (secondary N) is 1. The van der Waals surface area contributed by atoms with Gasteiger partial charge in [0, 0.05) is 6.54 Å². The second kappa shape index (κ2) is 12.1. The number of benzene rings is 1. The highest BCUT2D eigenvalue weighted by atomic mass is 32.2. The van der Waals surface area contributed by atoms with Gasteiger partial charge in [0.2, 0.25) is 0 Å². The van der Waals surface area contributed by atoms with Crippen molar-refractivity contribution in [3.8, 4) is 0 Å². The van der Waals surface area contributed by atoms with Crippen LogP contribution in [0, 0.1) is 6.92 Å². The van der Waals surface area contributed by atoms with Gasteiger partial charge in [-0.15, -0.1) is 0 Å². The van der Waals surface area contributed by atoms with E-state index in [4.69, 9.17) is 10.5 Å². The van der Waals surface area contributed by atoms with Crippen LogP contribution in [0.25, 0.3) is 11.2 Å². The highest BCUT2D eigenvalue weighted by Gasteiger charge is 2.44. The van der Waals surface area contributed by atoms with Gasteiger partial charge in [-0.2, -0.15) is 11.8 Å². The van der Waals surface area contributed by atoms with Crippen LogP contribution in [0.15, 0.2) is 43.0 Å². The van der Waals surface area contributed by atoms with Crippen molar-refractivity contribution in [1.82, 2.24) is 24.8 Å². The Hall–Kier alpha value is -2.77. The summed E-state index contributed by atoms with van der Waals surface area (Å²) in [6.45, 7) is 2.16. The zero-order chi connectivity index (χ0) is 24.7. The van der Waals surface area contributed by atoms with E-state index in [1.807, 2.05) is 24.5 Å². The Morgan fingerprint density at radius 3 is 2.59 bits per heavy atom. The fraction of sp³-hybridized carbons (Fsp3) is 0.455. The molecule has 1 fully saturated rings. The predicted octanol–water partition coefficient (Wildman–Crippen LogP) is 0.819. The van der Waals surface area contributed by atoms with Gasteiger partial charge in [0.1, 0.15) is 36.2 Å². The number of rotatable bonds is 8. The highest BCUT2D eigenvalue weighted by Crippen LogP contribution is 2.31. The van der Waals surface area contributed by atoms with Gasteiger partial charge in [0.15, 0.2) is 17.7 Å². The van der Waals surface area contributed by atoms with E-state index < -0.39 is 36.6 Å². The predicted molar refractivity (Wildman–Crippen MR) is 129 cm³/mol. The van der Waals surface area contributed by atoms with Crippen molar-refractivity contribution in [2.24, 2.45) is 0 Å². The van der Waals surface area contributed by atoms with Gasteiger partial charge in [-0.25, -0.2) is 15.0 Å². The number of imidazole rings is 1. The number of aromatic nitrogens is 4. The number of anilines is 1. The van der Waals surface area contributed by atoms with E-state index >= 15 is 0 Å². The Morgan fingerprint density at radius 1 is 1.24 bits per heavy atom. The number of nitrogen functional groups attached to an aromatic ring is 1. The lowest BCUT2D eigenvalue weighted by Gasteiger charge is -2.19. The molecule has 3 aromatic rings. The summed E-state index contributed by atoms with van der Waals surface area (Å²) in [6.07, 6.45) is 0.858. The monoisotopic (exact) mass is 490 g/mol. The number of hydrogen-bond acceptors (Lipinski definition) is 10. The number of aryl methyl sites for hydroxylation is 1. The Labute approximate surface area is 201 Å². The van der Waals surface area contributed by atoms with Crippen molar-refractivity contribution >= 4 is 34.7 Å². The van der Waals surface area contributed by atoms with Crippen molar-refractivity contribution in [2.45, 2.75) is 43.9 Å². The molecule has 2 aromatic heterocycles. The summed E-state index contributed by atoms with van der Waals surface area (Å²) < 4.78 is 7.25. The molecule has 0 spiro atoms. The molecule has 6 N–H and O–H groups in total. The summed E-state index contributed by atoms with van der Waals surface area (Å²) >= 11 is 1.55. The molecule has 1 aliphatic rings. The first-order valence-corrected chi connectivity index (χ1v) is 12.1. The van der Waals surface area contributed by atoms with E-state index in [9.17, 15) is 20.1 Å². The van der Waals surface area contributed by atoms with Gasteiger partial charge in [-0.1, -0.05) is 35.9 Å². The van der Waals surface area contributed by atoms with Crippen LogP contribution < -0.4 is 11.1 Å². The van der Waals surface area contributed by atoms with E-state index in [1.165, 1.54) is 22.8 Å². The van der Waals surface area contributed by atoms with E-state index in [2.05, 4.69) is 39.3 Å². The van der Waals surface area contributed by atoms with Gasteiger partial charge in [-0.05, 0) is 25.4 Å². The minimum Gasteiger partial charge on any atom is -0.480 e. The molecule has 1 saturated heterocycles. The van der Waals surface area contributed by atoms with Gasteiger partial charge < -0.3 is 31.1 Å². The van der Waals surface area contributed by atoms with Crippen LogP contribution in [0.4, 0.5) is 5.82 Å². The number of aliphatic hydroxyl groups is 2. The molecule has 0 bridgehead atoms. The zero-order valence-electron chi connectivity index (χ0n) is 19.0. The maximum absolute atomic E-state index is 11.3. The maximum atomic E-state index is 11.3. The van der Waals surface area contributed by atoms with Crippen molar-refractivity contribution < 1.29 is 24.9 Å². The lowest BCUT2D eigenvalue weighted by molar-refractivity contribution is -0.139. The number of nitrogens with two attached hydrogens (primary N) is 1. The number of nitrogens with zero attached hydrogens (tertiary/aromatic N) is 4. The summed E-state index contributed by atoms with van der Waals surface area (Å²) in [6, 6.07) is 9.50. The maximum Gasteiger partial charge on any atom is 0.320 e. The first-order chi connectivity index (χ1) is 16.3. The van der Waals surface area contributed by atoms with Crippen LogP contribution in [-0.2, 0) is 9.53 Å². The Balaban J connectivity index is 0.000000396. The summed E-state index contributed by atoms with van der Waals surface area (Å²) in [4.78, 5) is 23.4. The van der Waals surface area contributed by atoms with E-state index in [0.29, 0.717) is 23.3 Å². The van der Waals surface area contributed by atoms with Crippen molar-refractivity contribution in [3.63, 3.8) is 0 Å². The molecule has 3 heterocycles. The van der Waals surface area contributed by atoms with E-state index in [0.717, 1.165) is 0 Å². The van der Waals surface area contributed by atoms with Crippen molar-refractivity contribution in [2.75, 3.05) is 24.3 Å². The molecule has 0 aliphatic carbocycles. The number of aliphatic hydroxyl groups excluding tert-OH is 2. The smallest absolute Gasteiger partial charge is 0.320 e. The Bertz CT molecular complexity index is 1070. The summed E-state index contributed by atoms with van der Waals surface area (Å²) in [5.74, 6) is -0.0876. The molecule has 4 rings (SSSR count). The van der Waals surface area contributed by atoms with Crippen LogP contribution >= 0.6 is 11.8 Å². The molecule has 0 saturated carbocycles. The number of carboxylic acids is 1. The molecule has 11 nitrogen and oxygen atoms in total. The topological polar surface area (TPSA) is 169 Å². The number of ether oxygens (including phenoxy) is 1. The van der Waals surface area contributed by atoms with Gasteiger partial charge >= 0.3 is 5.97 Å². The van der Waals surface area contributed by atoms with Gasteiger partial charge in [-0.3, -0.25) is 9.36 Å². The molecular weight excluding hydrogens is 460 g/mol. The third kappa shape index (κ3) is 6.21. The number of aliphatic carboxylic acids is 1. The largest absolute Gasteiger partial charge is 0.480 e. The molecule has 1 aliphatic heterocycles. The standard InChI is InChI=1S/C15H22N6O5S.C7H8/c1-27-3-2-7(15(24)25)17-4-8-10(22)11(23)14(26-8)21-6-20-9-12(16)18-5-19-13(9)21;1-7-5-3-2-4-6-7/h5-8,10-11,14,17,22-23H,2-4H2,1H3,(H,24,25)(H2,16,18,19);2-6H,1H3/t7?,8-,10-,11-,14-;/m1./s1. The fourth-order valence-electron chi connectivity index (χ4n) is 3.53. The molecule has 184 valence electrons. The number of hydrogen-bond donors (Lipinski definition) is 5. The molecule has 5 atom stereocenters. The second-order valence-electron chi connectivity index (χ2n) is 7.86. The molecular formula is C22H30N6O5S. The number of carboxylic acid groups (broad SMARTS) is 1. The molecule has 0 radical (unpaired) electrons. The minimum absolute atomic E-state index is 0.0732. The summed E-state index contributed by atoms with van der Waals surface area (Å²) in [5.41, 5.74) is 7.82. The normalized spacial score (nSPS) is 22.8. The van der Waals surface area contributed by atoms with Gasteiger partial charge in [0.25, 0.3) is 0 Å². The lowest BCUT2D eigenvalue weighted by atomic mass is 10.1. The van der Waals surface area contributed by atoms with Crippen molar-refractivity contribution in [3.05, 3.63) is 48.5 Å². The average molecular weight is 491 g/mol. The average Bonchev–Trinajstić information content (AvgIpc) is 3.37. The zero-order valence-corrected chi connectivity index (χ0v) is 19.8. The Kier molecular flexibility index (Phi) is 9.19. The fourth-order valence-corrected chi connectivity index (χ4v) is 4.00. The SMILES string of the molecule is CSCCC(NC[C@H]1O[C@@H](n2cnc3c(N)ncnc32)[C@H](O)[C@@H]1O)C(=O)O.Cc1ccccc1. The minimum atomic E-state index is -1.24. The van der Waals surface area contributed by atoms with Crippen LogP contribution in [0.2, 0.25) is 0 Å². The highest BCUT2D eigenvalue weighted by molar-refractivity contribution is 7.98. The number of thioether (sulfide) groups is 1. The van der Waals surface area contributed by atoms with Crippen LogP contribution in [0.1, 0.15) is 18.2 Å². The molecule has 0 amide bonds. The van der Waals surface area contributed by atoms with E-state index in [1.54, 1.807) is 11.8 Å². The summed E-state index contributed by atoms with van der Waals surface area (Å²) in [7, 11) is 0. The molecule has 34 heavy (non-hydrogen) atoms. The third-order valence-corrected chi connectivity index (χ3v) is 6.06. The second-order valence-corrected chi connectivity index (χ2v) is 8.85.